The maximum atomic E-state index is 12.6. The minimum absolute atomic E-state index is 0.0863. The van der Waals surface area contributed by atoms with Crippen LogP contribution < -0.4 is 10.2 Å². The van der Waals surface area contributed by atoms with E-state index in [0.29, 0.717) is 5.92 Å². The second-order valence-electron chi connectivity index (χ2n) is 6.23. The van der Waals surface area contributed by atoms with E-state index in [9.17, 15) is 4.79 Å². The number of hydrogen-bond donors (Lipinski definition) is 1. The van der Waals surface area contributed by atoms with Crippen LogP contribution in [-0.2, 0) is 4.79 Å². The van der Waals surface area contributed by atoms with Crippen molar-refractivity contribution in [2.45, 2.75) is 53.5 Å². The molecule has 3 heteroatoms. The summed E-state index contributed by atoms with van der Waals surface area (Å²) in [5, 5.41) is 3.39. The third-order valence-electron chi connectivity index (χ3n) is 4.13. The number of hydrogen-bond acceptors (Lipinski definition) is 2. The molecule has 1 heterocycles. The lowest BCUT2D eigenvalue weighted by Crippen LogP contribution is -2.47. The summed E-state index contributed by atoms with van der Waals surface area (Å²) >= 11 is 0. The molecule has 1 atom stereocenters. The molecule has 0 radical (unpaired) electrons. The van der Waals surface area contributed by atoms with Gasteiger partial charge in [0.15, 0.2) is 0 Å². The maximum Gasteiger partial charge on any atom is 0.249 e. The van der Waals surface area contributed by atoms with Crippen LogP contribution in [0.5, 0.6) is 0 Å². The minimum atomic E-state index is -0.0863. The van der Waals surface area contributed by atoms with Crippen molar-refractivity contribution < 1.29 is 4.79 Å². The topological polar surface area (TPSA) is 32.3 Å². The molecule has 20 heavy (non-hydrogen) atoms. The van der Waals surface area contributed by atoms with Crippen molar-refractivity contribution in [3.05, 3.63) is 23.3 Å². The first kappa shape index (κ1) is 14.9. The van der Waals surface area contributed by atoms with Gasteiger partial charge in [-0.25, -0.2) is 0 Å². The van der Waals surface area contributed by atoms with Gasteiger partial charge in [-0.3, -0.25) is 4.79 Å². The molecule has 0 aromatic heterocycles. The van der Waals surface area contributed by atoms with Gasteiger partial charge in [-0.15, -0.1) is 0 Å². The minimum Gasteiger partial charge on any atom is -0.372 e. The fourth-order valence-corrected chi connectivity index (χ4v) is 2.59. The lowest BCUT2D eigenvalue weighted by molar-refractivity contribution is -0.119. The molecule has 3 nitrogen and oxygen atoms in total. The number of carbonyl (C=O) groups excluding carboxylic acids is 1. The number of nitrogens with zero attached hydrogens (tertiary/aromatic N) is 1. The highest BCUT2D eigenvalue weighted by Gasteiger charge is 2.31. The second kappa shape index (κ2) is 5.86. The Morgan fingerprint density at radius 1 is 1.25 bits per heavy atom. The molecule has 1 aromatic rings. The van der Waals surface area contributed by atoms with Crippen LogP contribution in [0.25, 0.3) is 0 Å². The first-order valence-electron chi connectivity index (χ1n) is 7.63. The first-order chi connectivity index (χ1) is 9.43. The van der Waals surface area contributed by atoms with E-state index in [4.69, 9.17) is 0 Å². The van der Waals surface area contributed by atoms with Crippen LogP contribution in [0.15, 0.2) is 12.1 Å². The number of rotatable bonds is 4. The predicted octanol–water partition coefficient (Wildman–Crippen LogP) is 3.89. The Hall–Kier alpha value is -1.51. The summed E-state index contributed by atoms with van der Waals surface area (Å²) in [7, 11) is 0. The van der Waals surface area contributed by atoms with Gasteiger partial charge in [0.2, 0.25) is 5.91 Å². The maximum absolute atomic E-state index is 12.6. The fraction of sp³-hybridized carbons (Fsp3) is 0.588. The van der Waals surface area contributed by atoms with Crippen LogP contribution >= 0.6 is 0 Å². The number of benzene rings is 1. The number of anilines is 2. The molecule has 1 amide bonds. The van der Waals surface area contributed by atoms with Crippen molar-refractivity contribution in [2.24, 2.45) is 5.92 Å². The van der Waals surface area contributed by atoms with Crippen molar-refractivity contribution in [3.8, 4) is 0 Å². The van der Waals surface area contributed by atoms with Crippen LogP contribution in [0.3, 0.4) is 0 Å². The highest BCUT2D eigenvalue weighted by molar-refractivity contribution is 6.05. The van der Waals surface area contributed by atoms with Gasteiger partial charge < -0.3 is 10.2 Å². The summed E-state index contributed by atoms with van der Waals surface area (Å²) in [6.07, 6.45) is 1.86. The Morgan fingerprint density at radius 3 is 2.50 bits per heavy atom. The molecule has 1 aliphatic rings. The highest BCUT2D eigenvalue weighted by atomic mass is 16.2. The van der Waals surface area contributed by atoms with Gasteiger partial charge in [0.25, 0.3) is 0 Å². The van der Waals surface area contributed by atoms with Crippen molar-refractivity contribution in [2.75, 3.05) is 16.8 Å². The van der Waals surface area contributed by atoms with Crippen molar-refractivity contribution in [1.29, 1.82) is 0 Å². The molecule has 2 rings (SSSR count). The summed E-state index contributed by atoms with van der Waals surface area (Å²) in [5.41, 5.74) is 4.65. The molecule has 1 aliphatic heterocycles. The Balaban J connectivity index is 2.38. The number of amides is 1. The second-order valence-corrected chi connectivity index (χ2v) is 6.23. The molecule has 0 aliphatic carbocycles. The average Bonchev–Trinajstić information content (AvgIpc) is 2.39. The van der Waals surface area contributed by atoms with E-state index in [1.807, 2.05) is 4.90 Å². The summed E-state index contributed by atoms with van der Waals surface area (Å²) in [6.45, 7) is 11.5. The van der Waals surface area contributed by atoms with Gasteiger partial charge in [0.1, 0.15) is 6.04 Å². The van der Waals surface area contributed by atoms with E-state index in [1.165, 1.54) is 11.1 Å². The monoisotopic (exact) mass is 274 g/mol. The summed E-state index contributed by atoms with van der Waals surface area (Å²) in [4.78, 5) is 14.6. The summed E-state index contributed by atoms with van der Waals surface area (Å²) < 4.78 is 0. The SMILES string of the molecule is CCC1Nc2cc(C)c(C)cc2N(CCC(C)C)C1=O. The normalized spacial score (nSPS) is 18.2. The standard InChI is InChI=1S/C17H26N2O/c1-6-14-17(20)19(8-7-11(2)3)16-10-13(5)12(4)9-15(16)18-14/h9-11,14,18H,6-8H2,1-5H3. The average molecular weight is 274 g/mol. The zero-order valence-corrected chi connectivity index (χ0v) is 13.3. The van der Waals surface area contributed by atoms with Crippen LogP contribution in [-0.4, -0.2) is 18.5 Å². The Labute approximate surface area is 122 Å². The van der Waals surface area contributed by atoms with Gasteiger partial charge >= 0.3 is 0 Å². The number of fused-ring (bicyclic) bond motifs is 1. The van der Waals surface area contributed by atoms with Crippen molar-refractivity contribution in [3.63, 3.8) is 0 Å². The number of carbonyl (C=O) groups is 1. The molecule has 0 fully saturated rings. The molecular weight excluding hydrogens is 248 g/mol. The van der Waals surface area contributed by atoms with Crippen molar-refractivity contribution in [1.82, 2.24) is 0 Å². The van der Waals surface area contributed by atoms with Crippen LogP contribution in [0.2, 0.25) is 0 Å². The molecule has 0 saturated heterocycles. The molecule has 0 spiro atoms. The summed E-state index contributed by atoms with van der Waals surface area (Å²) in [5.74, 6) is 0.816. The number of aryl methyl sites for hydroxylation is 2. The quantitative estimate of drug-likeness (QED) is 0.903. The lowest BCUT2D eigenvalue weighted by Gasteiger charge is -2.36. The zero-order valence-electron chi connectivity index (χ0n) is 13.3. The molecule has 1 N–H and O–H groups in total. The van der Waals surface area contributed by atoms with E-state index in [1.54, 1.807) is 0 Å². The van der Waals surface area contributed by atoms with Crippen LogP contribution in [0, 0.1) is 19.8 Å². The van der Waals surface area contributed by atoms with Gasteiger partial charge in [-0.1, -0.05) is 20.8 Å². The molecular formula is C17H26N2O. The Morgan fingerprint density at radius 2 is 1.90 bits per heavy atom. The smallest absolute Gasteiger partial charge is 0.249 e. The van der Waals surface area contributed by atoms with E-state index in [2.05, 4.69) is 52.1 Å². The highest BCUT2D eigenvalue weighted by Crippen LogP contribution is 2.35. The van der Waals surface area contributed by atoms with Crippen molar-refractivity contribution >= 4 is 17.3 Å². The first-order valence-corrected chi connectivity index (χ1v) is 7.63. The van der Waals surface area contributed by atoms with E-state index in [-0.39, 0.29) is 11.9 Å². The Bertz CT molecular complexity index is 508. The van der Waals surface area contributed by atoms with Gasteiger partial charge in [-0.2, -0.15) is 0 Å². The van der Waals surface area contributed by atoms with Gasteiger partial charge in [0.05, 0.1) is 11.4 Å². The van der Waals surface area contributed by atoms with Gasteiger partial charge in [-0.05, 0) is 55.9 Å². The molecule has 1 unspecified atom stereocenters. The molecule has 0 bridgehead atoms. The molecule has 0 saturated carbocycles. The lowest BCUT2D eigenvalue weighted by atomic mass is 10.0. The van der Waals surface area contributed by atoms with E-state index < -0.39 is 0 Å². The van der Waals surface area contributed by atoms with E-state index >= 15 is 0 Å². The van der Waals surface area contributed by atoms with Gasteiger partial charge in [0, 0.05) is 6.54 Å². The third kappa shape index (κ3) is 2.82. The number of nitrogens with one attached hydrogen (secondary N) is 1. The molecule has 110 valence electrons. The zero-order chi connectivity index (χ0) is 14.9. The Kier molecular flexibility index (Phi) is 4.36. The summed E-state index contributed by atoms with van der Waals surface area (Å²) in [6, 6.07) is 4.22. The largest absolute Gasteiger partial charge is 0.372 e. The fourth-order valence-electron chi connectivity index (χ4n) is 2.59. The molecule has 1 aromatic carbocycles. The predicted molar refractivity (Wildman–Crippen MR) is 85.4 cm³/mol. The van der Waals surface area contributed by atoms with Crippen LogP contribution in [0.4, 0.5) is 11.4 Å². The van der Waals surface area contributed by atoms with Crippen LogP contribution in [0.1, 0.15) is 44.7 Å². The third-order valence-corrected chi connectivity index (χ3v) is 4.13. The van der Waals surface area contributed by atoms with E-state index in [0.717, 1.165) is 30.8 Å².